The van der Waals surface area contributed by atoms with Crippen LogP contribution in [0.3, 0.4) is 0 Å². The standard InChI is InChI=1S/C20H17ClN4O2S/c1-24-17-16(18(26)22-20(24)27)25(11-14-9-5-6-10-15(14)21)23-19(17)28-12-13-7-3-2-4-8-13/h2-10H,11-12H2,1H3,(H,22,26,27). The third kappa shape index (κ3) is 3.50. The Hall–Kier alpha value is -2.77. The number of halogens is 1. The van der Waals surface area contributed by atoms with E-state index in [2.05, 4.69) is 10.1 Å². The second kappa shape index (κ2) is 7.69. The number of hydrogen-bond acceptors (Lipinski definition) is 4. The predicted molar refractivity (Wildman–Crippen MR) is 112 cm³/mol. The molecule has 0 fully saturated rings. The first-order chi connectivity index (χ1) is 13.5. The Balaban J connectivity index is 1.82. The smallest absolute Gasteiger partial charge is 0.292 e. The first-order valence-electron chi connectivity index (χ1n) is 8.64. The van der Waals surface area contributed by atoms with Gasteiger partial charge in [-0.1, -0.05) is 71.9 Å². The fourth-order valence-corrected chi connectivity index (χ4v) is 4.24. The van der Waals surface area contributed by atoms with Crippen LogP contribution in [-0.4, -0.2) is 19.3 Å². The van der Waals surface area contributed by atoms with Gasteiger partial charge in [0.1, 0.15) is 10.5 Å². The van der Waals surface area contributed by atoms with Gasteiger partial charge in [0.2, 0.25) is 0 Å². The van der Waals surface area contributed by atoms with Gasteiger partial charge in [0.05, 0.1) is 6.54 Å². The van der Waals surface area contributed by atoms with Crippen molar-refractivity contribution in [1.82, 2.24) is 19.3 Å². The highest BCUT2D eigenvalue weighted by atomic mass is 35.5. The van der Waals surface area contributed by atoms with Gasteiger partial charge in [-0.2, -0.15) is 5.10 Å². The molecular weight excluding hydrogens is 396 g/mol. The Morgan fingerprint density at radius 1 is 1.04 bits per heavy atom. The van der Waals surface area contributed by atoms with E-state index in [0.29, 0.717) is 33.4 Å². The van der Waals surface area contributed by atoms with Crippen LogP contribution in [-0.2, 0) is 19.3 Å². The average Bonchev–Trinajstić information content (AvgIpc) is 3.06. The van der Waals surface area contributed by atoms with E-state index >= 15 is 0 Å². The first kappa shape index (κ1) is 18.6. The molecule has 1 N–H and O–H groups in total. The van der Waals surface area contributed by atoms with Gasteiger partial charge in [-0.15, -0.1) is 0 Å². The van der Waals surface area contributed by atoms with Crippen LogP contribution in [0, 0.1) is 0 Å². The van der Waals surface area contributed by atoms with E-state index in [4.69, 9.17) is 11.6 Å². The number of H-pyrrole nitrogens is 1. The summed E-state index contributed by atoms with van der Waals surface area (Å²) in [5.74, 6) is 0.681. The lowest BCUT2D eigenvalue weighted by Crippen LogP contribution is -2.29. The van der Waals surface area contributed by atoms with Gasteiger partial charge in [-0.3, -0.25) is 19.0 Å². The van der Waals surface area contributed by atoms with Crippen molar-refractivity contribution in [3.05, 3.63) is 91.6 Å². The van der Waals surface area contributed by atoms with Crippen LogP contribution in [0.2, 0.25) is 5.02 Å². The predicted octanol–water partition coefficient (Wildman–Crippen LogP) is 3.42. The topological polar surface area (TPSA) is 72.7 Å². The van der Waals surface area contributed by atoms with E-state index in [1.54, 1.807) is 17.8 Å². The van der Waals surface area contributed by atoms with E-state index in [1.807, 2.05) is 48.5 Å². The molecule has 2 heterocycles. The Morgan fingerprint density at radius 2 is 1.75 bits per heavy atom. The van der Waals surface area contributed by atoms with Crippen molar-refractivity contribution in [2.45, 2.75) is 17.3 Å². The van der Waals surface area contributed by atoms with Gasteiger partial charge in [-0.25, -0.2) is 4.79 Å². The number of benzene rings is 2. The van der Waals surface area contributed by atoms with E-state index in [9.17, 15) is 9.59 Å². The molecule has 0 aliphatic heterocycles. The van der Waals surface area contributed by atoms with Crippen LogP contribution in [0.25, 0.3) is 11.0 Å². The molecule has 0 saturated carbocycles. The number of fused-ring (bicyclic) bond motifs is 1. The van der Waals surface area contributed by atoms with Crippen LogP contribution in [0.5, 0.6) is 0 Å². The van der Waals surface area contributed by atoms with Crippen LogP contribution in [0.1, 0.15) is 11.1 Å². The molecule has 6 nitrogen and oxygen atoms in total. The van der Waals surface area contributed by atoms with E-state index in [1.165, 1.54) is 16.3 Å². The summed E-state index contributed by atoms with van der Waals surface area (Å²) in [4.78, 5) is 27.1. The maximum atomic E-state index is 12.6. The molecule has 0 bridgehead atoms. The van der Waals surface area contributed by atoms with Crippen LogP contribution < -0.4 is 11.2 Å². The van der Waals surface area contributed by atoms with Crippen molar-refractivity contribution in [2.24, 2.45) is 7.05 Å². The molecule has 0 spiro atoms. The number of aromatic amines is 1. The number of aromatic nitrogens is 4. The first-order valence-corrected chi connectivity index (χ1v) is 10.0. The lowest BCUT2D eigenvalue weighted by Gasteiger charge is -2.05. The summed E-state index contributed by atoms with van der Waals surface area (Å²) >= 11 is 7.77. The zero-order chi connectivity index (χ0) is 19.7. The number of nitrogens with one attached hydrogen (secondary N) is 1. The molecule has 0 unspecified atom stereocenters. The number of thioether (sulfide) groups is 1. The minimum absolute atomic E-state index is 0.337. The highest BCUT2D eigenvalue weighted by Gasteiger charge is 2.19. The molecule has 0 amide bonds. The molecule has 4 aromatic rings. The van der Waals surface area contributed by atoms with Crippen molar-refractivity contribution in [3.8, 4) is 0 Å². The molecule has 8 heteroatoms. The Labute approximate surface area is 169 Å². The van der Waals surface area contributed by atoms with Gasteiger partial charge in [0.15, 0.2) is 5.52 Å². The fraction of sp³-hybridized carbons (Fsp3) is 0.150. The lowest BCUT2D eigenvalue weighted by molar-refractivity contribution is 0.685. The van der Waals surface area contributed by atoms with Crippen LogP contribution in [0.15, 0.2) is 69.2 Å². The van der Waals surface area contributed by atoms with Gasteiger partial charge in [0, 0.05) is 17.8 Å². The maximum Gasteiger partial charge on any atom is 0.328 e. The summed E-state index contributed by atoms with van der Waals surface area (Å²) < 4.78 is 3.04. The molecule has 0 saturated heterocycles. The quantitative estimate of drug-likeness (QED) is 0.510. The highest BCUT2D eigenvalue weighted by Crippen LogP contribution is 2.28. The van der Waals surface area contributed by atoms with E-state index < -0.39 is 11.2 Å². The van der Waals surface area contributed by atoms with Crippen molar-refractivity contribution in [2.75, 3.05) is 0 Å². The third-order valence-electron chi connectivity index (χ3n) is 4.47. The second-order valence-electron chi connectivity index (χ2n) is 6.34. The minimum Gasteiger partial charge on any atom is -0.292 e. The molecule has 2 aromatic carbocycles. The van der Waals surface area contributed by atoms with Gasteiger partial charge >= 0.3 is 5.69 Å². The Morgan fingerprint density at radius 3 is 2.50 bits per heavy atom. The van der Waals surface area contributed by atoms with Crippen LogP contribution in [0.4, 0.5) is 0 Å². The fourth-order valence-electron chi connectivity index (χ4n) is 3.02. The Kier molecular flexibility index (Phi) is 5.11. The summed E-state index contributed by atoms with van der Waals surface area (Å²) in [6.07, 6.45) is 0. The number of hydrogen-bond donors (Lipinski definition) is 1. The minimum atomic E-state index is -0.462. The molecule has 142 valence electrons. The Bertz CT molecular complexity index is 1260. The van der Waals surface area contributed by atoms with Gasteiger partial charge < -0.3 is 0 Å². The highest BCUT2D eigenvalue weighted by molar-refractivity contribution is 7.98. The SMILES string of the molecule is Cn1c(=O)[nH]c(=O)c2c1c(SCc1ccccc1)nn2Cc1ccccc1Cl. The van der Waals surface area contributed by atoms with Crippen molar-refractivity contribution in [3.63, 3.8) is 0 Å². The van der Waals surface area contributed by atoms with Crippen molar-refractivity contribution in [1.29, 1.82) is 0 Å². The molecule has 0 atom stereocenters. The normalized spacial score (nSPS) is 11.2. The summed E-state index contributed by atoms with van der Waals surface area (Å²) in [5, 5.41) is 5.88. The summed E-state index contributed by atoms with van der Waals surface area (Å²) in [6.45, 7) is 0.337. The summed E-state index contributed by atoms with van der Waals surface area (Å²) in [7, 11) is 1.63. The molecule has 2 aromatic heterocycles. The van der Waals surface area contributed by atoms with Crippen molar-refractivity contribution < 1.29 is 0 Å². The number of nitrogens with zero attached hydrogens (tertiary/aromatic N) is 3. The summed E-state index contributed by atoms with van der Waals surface area (Å²) in [6, 6.07) is 17.4. The van der Waals surface area contributed by atoms with E-state index in [-0.39, 0.29) is 0 Å². The molecule has 0 radical (unpaired) electrons. The zero-order valence-corrected chi connectivity index (χ0v) is 16.6. The molecule has 0 aliphatic rings. The average molecular weight is 413 g/mol. The molecular formula is C20H17ClN4O2S. The lowest BCUT2D eigenvalue weighted by atomic mass is 10.2. The van der Waals surface area contributed by atoms with Gasteiger partial charge in [0.25, 0.3) is 5.56 Å². The second-order valence-corrected chi connectivity index (χ2v) is 7.72. The monoisotopic (exact) mass is 412 g/mol. The van der Waals surface area contributed by atoms with E-state index in [0.717, 1.165) is 11.1 Å². The molecule has 0 aliphatic carbocycles. The van der Waals surface area contributed by atoms with Crippen LogP contribution >= 0.6 is 23.4 Å². The number of aryl methyl sites for hydroxylation is 1. The third-order valence-corrected chi connectivity index (χ3v) is 5.86. The molecule has 4 rings (SSSR count). The number of rotatable bonds is 5. The van der Waals surface area contributed by atoms with Crippen molar-refractivity contribution >= 4 is 34.4 Å². The maximum absolute atomic E-state index is 12.6. The zero-order valence-electron chi connectivity index (χ0n) is 15.1. The molecule has 28 heavy (non-hydrogen) atoms. The van der Waals surface area contributed by atoms with Gasteiger partial charge in [-0.05, 0) is 17.2 Å². The summed E-state index contributed by atoms with van der Waals surface area (Å²) in [5.41, 5.74) is 1.96. The largest absolute Gasteiger partial charge is 0.328 e.